The monoisotopic (exact) mass is 320 g/mol. The Morgan fingerprint density at radius 3 is 2.78 bits per heavy atom. The number of benzene rings is 2. The second-order valence-electron chi connectivity index (χ2n) is 4.98. The van der Waals surface area contributed by atoms with Gasteiger partial charge in [-0.1, -0.05) is 42.5 Å². The highest BCUT2D eigenvalue weighted by Crippen LogP contribution is 2.22. The van der Waals surface area contributed by atoms with Crippen molar-refractivity contribution >= 4 is 28.4 Å². The van der Waals surface area contributed by atoms with Crippen molar-refractivity contribution < 1.29 is 0 Å². The van der Waals surface area contributed by atoms with E-state index in [1.165, 1.54) is 22.5 Å². The van der Waals surface area contributed by atoms with Gasteiger partial charge in [-0.05, 0) is 16.3 Å². The Kier molecular flexibility index (Phi) is 5.07. The molecule has 0 atom stereocenters. The first-order valence-corrected chi connectivity index (χ1v) is 8.53. The minimum atomic E-state index is 0.339. The van der Waals surface area contributed by atoms with E-state index in [0.717, 1.165) is 18.1 Å². The van der Waals surface area contributed by atoms with E-state index in [2.05, 4.69) is 57.7 Å². The summed E-state index contributed by atoms with van der Waals surface area (Å²) in [5.74, 6) is 2.46. The van der Waals surface area contributed by atoms with E-state index in [4.69, 9.17) is 5.26 Å². The molecule has 1 heterocycles. The van der Waals surface area contributed by atoms with Crippen LogP contribution in [0.5, 0.6) is 0 Å². The van der Waals surface area contributed by atoms with Crippen molar-refractivity contribution in [3.63, 3.8) is 0 Å². The van der Waals surface area contributed by atoms with Gasteiger partial charge in [-0.25, -0.2) is 9.97 Å². The summed E-state index contributed by atoms with van der Waals surface area (Å²) in [6.45, 7) is 0.753. The van der Waals surface area contributed by atoms with Gasteiger partial charge in [0.05, 0.1) is 0 Å². The summed E-state index contributed by atoms with van der Waals surface area (Å²) in [5.41, 5.74) is 1.69. The van der Waals surface area contributed by atoms with Crippen molar-refractivity contribution in [3.8, 4) is 6.07 Å². The van der Waals surface area contributed by atoms with Crippen molar-refractivity contribution in [1.82, 2.24) is 9.97 Å². The molecule has 0 aliphatic carbocycles. The largest absolute Gasteiger partial charge is 0.367 e. The maximum atomic E-state index is 8.97. The van der Waals surface area contributed by atoms with Crippen LogP contribution in [-0.4, -0.2) is 22.3 Å². The zero-order chi connectivity index (χ0) is 15.9. The van der Waals surface area contributed by atoms with Crippen molar-refractivity contribution in [2.75, 3.05) is 17.6 Å². The summed E-state index contributed by atoms with van der Waals surface area (Å²) < 4.78 is 0. The Morgan fingerprint density at radius 1 is 1.04 bits per heavy atom. The minimum Gasteiger partial charge on any atom is -0.367 e. The quantitative estimate of drug-likeness (QED) is 0.699. The van der Waals surface area contributed by atoms with Gasteiger partial charge in [-0.15, -0.1) is 0 Å². The van der Waals surface area contributed by atoms with Gasteiger partial charge < -0.3 is 5.32 Å². The first kappa shape index (κ1) is 15.3. The summed E-state index contributed by atoms with van der Waals surface area (Å²) in [5, 5.41) is 14.7. The molecule has 3 aromatic rings. The van der Waals surface area contributed by atoms with Crippen molar-refractivity contribution in [2.24, 2.45) is 0 Å². The molecule has 3 rings (SSSR count). The number of nitrogens with one attached hydrogen (secondary N) is 1. The summed E-state index contributed by atoms with van der Waals surface area (Å²) in [7, 11) is 0. The van der Waals surface area contributed by atoms with E-state index in [1.54, 1.807) is 6.20 Å². The van der Waals surface area contributed by atoms with Crippen LogP contribution in [0.1, 0.15) is 11.3 Å². The lowest BCUT2D eigenvalue weighted by Gasteiger charge is -2.08. The number of anilines is 1. The highest BCUT2D eigenvalue weighted by molar-refractivity contribution is 7.98. The standard InChI is InChI=1S/C18H16N4S/c19-12-17-18(21-9-8-20-17)22-10-11-23-13-15-6-3-5-14-4-1-2-7-16(14)15/h1-9H,10-11,13H2,(H,21,22). The zero-order valence-corrected chi connectivity index (χ0v) is 13.4. The van der Waals surface area contributed by atoms with Gasteiger partial charge in [0.25, 0.3) is 0 Å². The maximum Gasteiger partial charge on any atom is 0.182 e. The normalized spacial score (nSPS) is 10.4. The average Bonchev–Trinajstić information content (AvgIpc) is 2.62. The van der Waals surface area contributed by atoms with Crippen LogP contribution < -0.4 is 5.32 Å². The van der Waals surface area contributed by atoms with Crippen LogP contribution in [0, 0.1) is 11.3 Å². The molecule has 0 amide bonds. The molecule has 1 aromatic heterocycles. The van der Waals surface area contributed by atoms with Gasteiger partial charge in [0.1, 0.15) is 6.07 Å². The lowest BCUT2D eigenvalue weighted by Crippen LogP contribution is -2.08. The fourth-order valence-corrected chi connectivity index (χ4v) is 3.25. The number of nitrogens with zero attached hydrogens (tertiary/aromatic N) is 3. The van der Waals surface area contributed by atoms with Gasteiger partial charge in [0, 0.05) is 30.4 Å². The molecule has 0 bridgehead atoms. The third-order valence-electron chi connectivity index (χ3n) is 3.48. The Balaban J connectivity index is 1.53. The number of hydrogen-bond donors (Lipinski definition) is 1. The molecule has 0 radical (unpaired) electrons. The number of fused-ring (bicyclic) bond motifs is 1. The van der Waals surface area contributed by atoms with Crippen LogP contribution in [0.4, 0.5) is 5.82 Å². The number of hydrogen-bond acceptors (Lipinski definition) is 5. The number of aromatic nitrogens is 2. The van der Waals surface area contributed by atoms with Crippen LogP contribution in [-0.2, 0) is 5.75 Å². The summed E-state index contributed by atoms with van der Waals surface area (Å²) in [6, 6.07) is 16.9. The van der Waals surface area contributed by atoms with Crippen LogP contribution in [0.15, 0.2) is 54.9 Å². The fourth-order valence-electron chi connectivity index (χ4n) is 2.39. The molecule has 2 aromatic carbocycles. The Labute approximate surface area is 139 Å². The van der Waals surface area contributed by atoms with E-state index in [1.807, 2.05) is 17.8 Å². The number of thioether (sulfide) groups is 1. The molecule has 5 heteroatoms. The molecule has 23 heavy (non-hydrogen) atoms. The van der Waals surface area contributed by atoms with E-state index in [9.17, 15) is 0 Å². The molecule has 0 aliphatic heterocycles. The molecular weight excluding hydrogens is 304 g/mol. The van der Waals surface area contributed by atoms with E-state index >= 15 is 0 Å². The van der Waals surface area contributed by atoms with E-state index in [-0.39, 0.29) is 0 Å². The Morgan fingerprint density at radius 2 is 1.87 bits per heavy atom. The molecule has 1 N–H and O–H groups in total. The highest BCUT2D eigenvalue weighted by atomic mass is 32.2. The minimum absolute atomic E-state index is 0.339. The lowest BCUT2D eigenvalue weighted by molar-refractivity contribution is 1.11. The zero-order valence-electron chi connectivity index (χ0n) is 12.6. The topological polar surface area (TPSA) is 61.6 Å². The summed E-state index contributed by atoms with van der Waals surface area (Å²) in [6.07, 6.45) is 3.12. The van der Waals surface area contributed by atoms with E-state index in [0.29, 0.717) is 11.5 Å². The molecule has 0 fully saturated rings. The third kappa shape index (κ3) is 3.79. The highest BCUT2D eigenvalue weighted by Gasteiger charge is 2.03. The predicted molar refractivity (Wildman–Crippen MR) is 95.3 cm³/mol. The van der Waals surface area contributed by atoms with Gasteiger partial charge in [-0.3, -0.25) is 0 Å². The van der Waals surface area contributed by atoms with Crippen molar-refractivity contribution in [2.45, 2.75) is 5.75 Å². The fraction of sp³-hybridized carbons (Fsp3) is 0.167. The summed E-state index contributed by atoms with van der Waals surface area (Å²) in [4.78, 5) is 8.13. The molecule has 0 saturated carbocycles. The van der Waals surface area contributed by atoms with Gasteiger partial charge >= 0.3 is 0 Å². The maximum absolute atomic E-state index is 8.97. The Hall–Kier alpha value is -2.58. The molecule has 0 aliphatic rings. The smallest absolute Gasteiger partial charge is 0.182 e. The van der Waals surface area contributed by atoms with Crippen molar-refractivity contribution in [1.29, 1.82) is 5.26 Å². The lowest BCUT2D eigenvalue weighted by atomic mass is 10.1. The number of rotatable bonds is 6. The van der Waals surface area contributed by atoms with E-state index < -0.39 is 0 Å². The summed E-state index contributed by atoms with van der Waals surface area (Å²) >= 11 is 1.86. The molecular formula is C18H16N4S. The van der Waals surface area contributed by atoms with Crippen LogP contribution in [0.25, 0.3) is 10.8 Å². The van der Waals surface area contributed by atoms with Crippen LogP contribution >= 0.6 is 11.8 Å². The molecule has 4 nitrogen and oxygen atoms in total. The first-order valence-electron chi connectivity index (χ1n) is 7.38. The van der Waals surface area contributed by atoms with Crippen molar-refractivity contribution in [3.05, 3.63) is 66.1 Å². The molecule has 0 saturated heterocycles. The van der Waals surface area contributed by atoms with Gasteiger partial charge in [0.2, 0.25) is 0 Å². The molecule has 0 unspecified atom stereocenters. The molecule has 114 valence electrons. The second-order valence-corrected chi connectivity index (χ2v) is 6.09. The first-order chi connectivity index (χ1) is 11.4. The van der Waals surface area contributed by atoms with Crippen LogP contribution in [0.3, 0.4) is 0 Å². The van der Waals surface area contributed by atoms with Crippen LogP contribution in [0.2, 0.25) is 0 Å². The third-order valence-corrected chi connectivity index (χ3v) is 4.49. The second kappa shape index (κ2) is 7.61. The molecule has 0 spiro atoms. The Bertz CT molecular complexity index is 836. The number of nitriles is 1. The van der Waals surface area contributed by atoms with Gasteiger partial charge in [0.15, 0.2) is 11.5 Å². The SMILES string of the molecule is N#Cc1nccnc1NCCSCc1cccc2ccccc12. The average molecular weight is 320 g/mol. The predicted octanol–water partition coefficient (Wildman–Crippen LogP) is 3.85. The van der Waals surface area contributed by atoms with Gasteiger partial charge in [-0.2, -0.15) is 17.0 Å².